The van der Waals surface area contributed by atoms with E-state index in [1.54, 1.807) is 61.7 Å². The molecule has 1 aromatic heterocycles. The minimum absolute atomic E-state index is 0.0115. The van der Waals surface area contributed by atoms with E-state index in [0.29, 0.717) is 35.2 Å². The van der Waals surface area contributed by atoms with Crippen molar-refractivity contribution < 1.29 is 37.7 Å². The van der Waals surface area contributed by atoms with Gasteiger partial charge in [0.05, 0.1) is 25.3 Å². The highest BCUT2D eigenvalue weighted by Crippen LogP contribution is 2.24. The molecule has 1 atom stereocenters. The van der Waals surface area contributed by atoms with Crippen LogP contribution in [0.1, 0.15) is 63.9 Å². The number of pyridine rings is 1. The molecule has 51 heavy (non-hydrogen) atoms. The van der Waals surface area contributed by atoms with Gasteiger partial charge in [-0.05, 0) is 110 Å². The summed E-state index contributed by atoms with van der Waals surface area (Å²) in [6, 6.07) is 26.5. The number of carbonyl (C=O) groups is 3. The first-order chi connectivity index (χ1) is 24.4. The molecule has 0 radical (unpaired) electrons. The van der Waals surface area contributed by atoms with E-state index in [2.05, 4.69) is 10.3 Å². The Balaban J connectivity index is 1.41. The van der Waals surface area contributed by atoms with E-state index in [1.165, 1.54) is 25.3 Å². The number of esters is 2. The molecule has 0 unspecified atom stereocenters. The highest BCUT2D eigenvalue weighted by molar-refractivity contribution is 6.07. The summed E-state index contributed by atoms with van der Waals surface area (Å²) in [5.41, 5.74) is 3.51. The van der Waals surface area contributed by atoms with Gasteiger partial charge in [-0.1, -0.05) is 42.5 Å². The highest BCUT2D eigenvalue weighted by atomic mass is 19.1. The van der Waals surface area contributed by atoms with Crippen molar-refractivity contribution in [2.45, 2.75) is 58.3 Å². The standard InChI is InChI=1S/C41H41FN2O7/c1-41(2,3)51-32-19-10-28(11-20-32)23-37(40(47)49-5)44-38(45)36-24-34(39(46)50-25-29-12-17-31(48-4)18-13-29)33-22-27(14-21-35(33)43-36)7-6-26-8-15-30(42)16-9-26/h8-22,24,37H,6-7,23,25H2,1-5H3,(H,44,45)/t37-/m0/s1. The molecule has 0 fully saturated rings. The maximum Gasteiger partial charge on any atom is 0.339 e. The predicted molar refractivity (Wildman–Crippen MR) is 191 cm³/mol. The molecule has 0 spiro atoms. The topological polar surface area (TPSA) is 113 Å². The highest BCUT2D eigenvalue weighted by Gasteiger charge is 2.25. The van der Waals surface area contributed by atoms with Crippen molar-refractivity contribution in [3.8, 4) is 11.5 Å². The van der Waals surface area contributed by atoms with Gasteiger partial charge in [-0.3, -0.25) is 4.79 Å². The molecule has 0 aliphatic heterocycles. The molecule has 10 heteroatoms. The van der Waals surface area contributed by atoms with Gasteiger partial charge in [0.1, 0.15) is 41.3 Å². The number of rotatable bonds is 13. The lowest BCUT2D eigenvalue weighted by Gasteiger charge is -2.21. The Labute approximate surface area is 296 Å². The van der Waals surface area contributed by atoms with Crippen LogP contribution in [0, 0.1) is 5.82 Å². The zero-order valence-electron chi connectivity index (χ0n) is 29.3. The average Bonchev–Trinajstić information content (AvgIpc) is 3.12. The number of ether oxygens (including phenoxy) is 4. The van der Waals surface area contributed by atoms with Crippen LogP contribution in [0.3, 0.4) is 0 Å². The fourth-order valence-electron chi connectivity index (χ4n) is 5.45. The van der Waals surface area contributed by atoms with Gasteiger partial charge in [-0.25, -0.2) is 19.0 Å². The van der Waals surface area contributed by atoms with Crippen LogP contribution in [-0.4, -0.2) is 48.7 Å². The van der Waals surface area contributed by atoms with Crippen molar-refractivity contribution in [1.82, 2.24) is 10.3 Å². The van der Waals surface area contributed by atoms with Crippen molar-refractivity contribution in [2.24, 2.45) is 0 Å². The van der Waals surface area contributed by atoms with E-state index in [9.17, 15) is 18.8 Å². The van der Waals surface area contributed by atoms with Crippen molar-refractivity contribution in [2.75, 3.05) is 14.2 Å². The first kappa shape index (κ1) is 36.5. The lowest BCUT2D eigenvalue weighted by atomic mass is 10.00. The molecule has 1 N–H and O–H groups in total. The first-order valence-electron chi connectivity index (χ1n) is 16.6. The number of carbonyl (C=O) groups excluding carboxylic acids is 3. The Morgan fingerprint density at radius 2 is 1.37 bits per heavy atom. The van der Waals surface area contributed by atoms with Gasteiger partial charge in [0.2, 0.25) is 0 Å². The van der Waals surface area contributed by atoms with Crippen molar-refractivity contribution in [1.29, 1.82) is 0 Å². The quantitative estimate of drug-likeness (QED) is 0.129. The van der Waals surface area contributed by atoms with Gasteiger partial charge < -0.3 is 24.3 Å². The summed E-state index contributed by atoms with van der Waals surface area (Å²) in [6.07, 6.45) is 1.42. The second kappa shape index (κ2) is 16.3. The van der Waals surface area contributed by atoms with Crippen LogP contribution in [0.15, 0.2) is 97.1 Å². The van der Waals surface area contributed by atoms with Crippen LogP contribution >= 0.6 is 0 Å². The van der Waals surface area contributed by atoms with Crippen molar-refractivity contribution >= 4 is 28.7 Å². The minimum atomic E-state index is -1.03. The fraction of sp³-hybridized carbons (Fsp3) is 0.268. The molecule has 264 valence electrons. The summed E-state index contributed by atoms with van der Waals surface area (Å²) in [7, 11) is 2.82. The summed E-state index contributed by atoms with van der Waals surface area (Å²) in [6.45, 7) is 5.84. The molecule has 4 aromatic carbocycles. The van der Waals surface area contributed by atoms with E-state index in [1.807, 2.05) is 45.0 Å². The number of fused-ring (bicyclic) bond motifs is 1. The van der Waals surface area contributed by atoms with Gasteiger partial charge in [0.25, 0.3) is 5.91 Å². The van der Waals surface area contributed by atoms with Crippen LogP contribution in [0.4, 0.5) is 4.39 Å². The molecule has 0 aliphatic rings. The minimum Gasteiger partial charge on any atom is -0.497 e. The number of nitrogens with zero attached hydrogens (tertiary/aromatic N) is 1. The van der Waals surface area contributed by atoms with Crippen LogP contribution < -0.4 is 14.8 Å². The Morgan fingerprint density at radius 1 is 0.765 bits per heavy atom. The molecular weight excluding hydrogens is 651 g/mol. The van der Waals surface area contributed by atoms with Crippen LogP contribution in [0.25, 0.3) is 10.9 Å². The van der Waals surface area contributed by atoms with Crippen molar-refractivity contribution in [3.05, 3.63) is 136 Å². The zero-order valence-corrected chi connectivity index (χ0v) is 29.3. The van der Waals surface area contributed by atoms with E-state index in [0.717, 1.165) is 22.3 Å². The number of amides is 1. The number of benzene rings is 4. The number of halogens is 1. The Morgan fingerprint density at radius 3 is 2.02 bits per heavy atom. The van der Waals surface area contributed by atoms with Crippen LogP contribution in [0.2, 0.25) is 0 Å². The number of aryl methyl sites for hydroxylation is 2. The summed E-state index contributed by atoms with van der Waals surface area (Å²) < 4.78 is 35.2. The number of hydrogen-bond donors (Lipinski definition) is 1. The summed E-state index contributed by atoms with van der Waals surface area (Å²) in [5.74, 6) is -0.897. The normalized spacial score (nSPS) is 11.8. The second-order valence-corrected chi connectivity index (χ2v) is 13.1. The second-order valence-electron chi connectivity index (χ2n) is 13.1. The third-order valence-electron chi connectivity index (χ3n) is 8.05. The summed E-state index contributed by atoms with van der Waals surface area (Å²) in [5, 5.41) is 3.25. The number of nitrogens with one attached hydrogen (secondary N) is 1. The fourth-order valence-corrected chi connectivity index (χ4v) is 5.45. The van der Waals surface area contributed by atoms with Gasteiger partial charge in [0, 0.05) is 11.8 Å². The average molecular weight is 693 g/mol. The predicted octanol–water partition coefficient (Wildman–Crippen LogP) is 7.22. The zero-order chi connectivity index (χ0) is 36.5. The lowest BCUT2D eigenvalue weighted by Crippen LogP contribution is -2.43. The Hall–Kier alpha value is -5.77. The molecule has 0 bridgehead atoms. The molecule has 0 saturated heterocycles. The Kier molecular flexibility index (Phi) is 11.7. The number of methoxy groups -OCH3 is 2. The van der Waals surface area contributed by atoms with Gasteiger partial charge in [-0.2, -0.15) is 0 Å². The molecule has 9 nitrogen and oxygen atoms in total. The van der Waals surface area contributed by atoms with Gasteiger partial charge in [-0.15, -0.1) is 0 Å². The smallest absolute Gasteiger partial charge is 0.339 e. The van der Waals surface area contributed by atoms with Crippen LogP contribution in [0.5, 0.6) is 11.5 Å². The molecule has 5 aromatic rings. The molecule has 1 heterocycles. The van der Waals surface area contributed by atoms with Gasteiger partial charge >= 0.3 is 11.9 Å². The van der Waals surface area contributed by atoms with Crippen LogP contribution in [-0.2, 0) is 40.1 Å². The van der Waals surface area contributed by atoms with E-state index < -0.39 is 23.9 Å². The SMILES string of the molecule is COC(=O)[C@H](Cc1ccc(OC(C)(C)C)cc1)NC(=O)c1cc(C(=O)OCc2ccc(OC)cc2)c2cc(CCc3ccc(F)cc3)ccc2n1. The number of hydrogen-bond acceptors (Lipinski definition) is 8. The lowest BCUT2D eigenvalue weighted by molar-refractivity contribution is -0.142. The third-order valence-corrected chi connectivity index (χ3v) is 8.05. The number of aromatic nitrogens is 1. The largest absolute Gasteiger partial charge is 0.497 e. The molecular formula is C41H41FN2O7. The van der Waals surface area contributed by atoms with E-state index in [-0.39, 0.29) is 35.7 Å². The Bertz CT molecular complexity index is 1990. The summed E-state index contributed by atoms with van der Waals surface area (Å²) in [4.78, 5) is 44.7. The maximum atomic E-state index is 13.7. The molecule has 5 rings (SSSR count). The van der Waals surface area contributed by atoms with Crippen molar-refractivity contribution in [3.63, 3.8) is 0 Å². The first-order valence-corrected chi connectivity index (χ1v) is 16.6. The molecule has 0 aliphatic carbocycles. The monoisotopic (exact) mass is 692 g/mol. The van der Waals surface area contributed by atoms with E-state index in [4.69, 9.17) is 18.9 Å². The summed E-state index contributed by atoms with van der Waals surface area (Å²) >= 11 is 0. The van der Waals surface area contributed by atoms with Gasteiger partial charge in [0.15, 0.2) is 0 Å². The third kappa shape index (κ3) is 10.1. The molecule has 0 saturated carbocycles. The van der Waals surface area contributed by atoms with E-state index >= 15 is 0 Å². The maximum absolute atomic E-state index is 13.7. The molecule has 1 amide bonds.